The van der Waals surface area contributed by atoms with Gasteiger partial charge in [0.1, 0.15) is 0 Å². The molecule has 2 rings (SSSR count). The van der Waals surface area contributed by atoms with Crippen molar-refractivity contribution in [3.05, 3.63) is 50.4 Å². The number of H-pyrrole nitrogens is 1. The zero-order chi connectivity index (χ0) is 14.0. The molecular formula is C11H10N4O3S. The highest BCUT2D eigenvalue weighted by Crippen LogP contribution is 2.31. The minimum absolute atomic E-state index is 0.0763. The number of nitro groups is 1. The molecule has 0 spiro atoms. The second-order valence-electron chi connectivity index (χ2n) is 3.77. The van der Waals surface area contributed by atoms with Gasteiger partial charge >= 0.3 is 0 Å². The minimum Gasteiger partial charge on any atom is -0.398 e. The van der Waals surface area contributed by atoms with Crippen molar-refractivity contribution in [1.29, 1.82) is 0 Å². The fourth-order valence-electron chi connectivity index (χ4n) is 1.45. The van der Waals surface area contributed by atoms with Crippen LogP contribution in [0, 0.1) is 17.0 Å². The van der Waals surface area contributed by atoms with Gasteiger partial charge in [0.2, 0.25) is 0 Å². The highest BCUT2D eigenvalue weighted by molar-refractivity contribution is 7.99. The van der Waals surface area contributed by atoms with E-state index in [1.807, 2.05) is 0 Å². The van der Waals surface area contributed by atoms with Gasteiger partial charge in [-0.2, -0.15) is 0 Å². The summed E-state index contributed by atoms with van der Waals surface area (Å²) in [7, 11) is 0. The van der Waals surface area contributed by atoms with Crippen LogP contribution in [0.5, 0.6) is 0 Å². The minimum atomic E-state index is -0.516. The zero-order valence-electron chi connectivity index (χ0n) is 9.91. The number of nitrogens with two attached hydrogens (primary N) is 1. The number of nitro benzene ring substituents is 1. The maximum Gasteiger partial charge on any atom is 0.271 e. The van der Waals surface area contributed by atoms with Gasteiger partial charge in [-0.25, -0.2) is 4.98 Å². The third kappa shape index (κ3) is 3.10. The number of nitrogens with one attached hydrogen (secondary N) is 1. The molecule has 8 heteroatoms. The van der Waals surface area contributed by atoms with Crippen LogP contribution in [0.1, 0.15) is 5.69 Å². The lowest BCUT2D eigenvalue weighted by Gasteiger charge is -2.04. The fraction of sp³-hybridized carbons (Fsp3) is 0.0909. The molecule has 1 aromatic carbocycles. The lowest BCUT2D eigenvalue weighted by Crippen LogP contribution is -2.08. The molecule has 7 nitrogen and oxygen atoms in total. The van der Waals surface area contributed by atoms with Crippen molar-refractivity contribution in [2.45, 2.75) is 17.0 Å². The lowest BCUT2D eigenvalue weighted by atomic mass is 10.3. The van der Waals surface area contributed by atoms with E-state index >= 15 is 0 Å². The Kier molecular flexibility index (Phi) is 3.52. The van der Waals surface area contributed by atoms with E-state index in [4.69, 9.17) is 5.73 Å². The number of hydrogen-bond acceptors (Lipinski definition) is 6. The summed E-state index contributed by atoms with van der Waals surface area (Å²) < 4.78 is 0. The van der Waals surface area contributed by atoms with Gasteiger partial charge in [0.05, 0.1) is 10.6 Å². The van der Waals surface area contributed by atoms with E-state index < -0.39 is 4.92 Å². The number of anilines is 1. The predicted octanol–water partition coefficient (Wildman–Crippen LogP) is 1.72. The summed E-state index contributed by atoms with van der Waals surface area (Å²) in [5.41, 5.74) is 6.26. The van der Waals surface area contributed by atoms with Gasteiger partial charge in [0, 0.05) is 28.8 Å². The van der Waals surface area contributed by atoms with Crippen LogP contribution in [0.2, 0.25) is 0 Å². The van der Waals surface area contributed by atoms with Crippen LogP contribution in [0.4, 0.5) is 11.4 Å². The van der Waals surface area contributed by atoms with Crippen molar-refractivity contribution in [1.82, 2.24) is 9.97 Å². The van der Waals surface area contributed by atoms with Crippen LogP contribution in [0.15, 0.2) is 39.1 Å². The van der Waals surface area contributed by atoms with E-state index in [1.54, 1.807) is 6.92 Å². The molecule has 2 aromatic rings. The SMILES string of the molecule is Cc1cc(=O)[nH]c(Sc2ccc([N+](=O)[O-])cc2N)n1. The summed E-state index contributed by atoms with van der Waals surface area (Å²) in [6.45, 7) is 1.71. The average molecular weight is 278 g/mol. The summed E-state index contributed by atoms with van der Waals surface area (Å²) in [5.74, 6) is 0. The first-order chi connectivity index (χ1) is 8.95. The molecule has 0 radical (unpaired) electrons. The predicted molar refractivity (Wildman–Crippen MR) is 71.2 cm³/mol. The third-order valence-corrected chi connectivity index (χ3v) is 3.24. The molecule has 1 heterocycles. The molecule has 0 unspecified atom stereocenters. The Morgan fingerprint density at radius 2 is 2.16 bits per heavy atom. The molecule has 3 N–H and O–H groups in total. The van der Waals surface area contributed by atoms with E-state index in [2.05, 4.69) is 9.97 Å². The van der Waals surface area contributed by atoms with Crippen LogP contribution in [-0.2, 0) is 0 Å². The van der Waals surface area contributed by atoms with Crippen LogP contribution < -0.4 is 11.3 Å². The van der Waals surface area contributed by atoms with Crippen molar-refractivity contribution >= 4 is 23.1 Å². The Morgan fingerprint density at radius 3 is 2.74 bits per heavy atom. The highest BCUT2D eigenvalue weighted by atomic mass is 32.2. The summed E-state index contributed by atoms with van der Waals surface area (Å²) in [5, 5.41) is 11.0. The second-order valence-corrected chi connectivity index (χ2v) is 4.80. The smallest absolute Gasteiger partial charge is 0.271 e. The van der Waals surface area contributed by atoms with Gasteiger partial charge in [-0.3, -0.25) is 14.9 Å². The zero-order valence-corrected chi connectivity index (χ0v) is 10.7. The van der Waals surface area contributed by atoms with Crippen molar-refractivity contribution in [3.63, 3.8) is 0 Å². The Morgan fingerprint density at radius 1 is 1.42 bits per heavy atom. The number of aryl methyl sites for hydroxylation is 1. The van der Waals surface area contributed by atoms with Crippen molar-refractivity contribution in [3.8, 4) is 0 Å². The molecule has 0 amide bonds. The van der Waals surface area contributed by atoms with E-state index in [-0.39, 0.29) is 16.9 Å². The van der Waals surface area contributed by atoms with E-state index in [9.17, 15) is 14.9 Å². The van der Waals surface area contributed by atoms with E-state index in [0.717, 1.165) is 11.8 Å². The van der Waals surface area contributed by atoms with E-state index in [1.165, 1.54) is 24.3 Å². The largest absolute Gasteiger partial charge is 0.398 e. The lowest BCUT2D eigenvalue weighted by molar-refractivity contribution is -0.384. The van der Waals surface area contributed by atoms with Crippen molar-refractivity contribution in [2.24, 2.45) is 0 Å². The number of aromatic nitrogens is 2. The average Bonchev–Trinajstić information content (AvgIpc) is 2.30. The Balaban J connectivity index is 2.33. The van der Waals surface area contributed by atoms with E-state index in [0.29, 0.717) is 15.7 Å². The number of benzene rings is 1. The molecule has 1 aromatic heterocycles. The number of nitrogen functional groups attached to an aromatic ring is 1. The summed E-state index contributed by atoms with van der Waals surface area (Å²) in [6.07, 6.45) is 0. The quantitative estimate of drug-likeness (QED) is 0.382. The van der Waals surface area contributed by atoms with Crippen molar-refractivity contribution in [2.75, 3.05) is 5.73 Å². The van der Waals surface area contributed by atoms with Gasteiger partial charge in [-0.1, -0.05) is 0 Å². The number of nitrogens with zero attached hydrogens (tertiary/aromatic N) is 2. The van der Waals surface area contributed by atoms with Gasteiger partial charge in [-0.15, -0.1) is 0 Å². The first-order valence-electron chi connectivity index (χ1n) is 5.25. The second kappa shape index (κ2) is 5.11. The first-order valence-corrected chi connectivity index (χ1v) is 6.07. The third-order valence-electron chi connectivity index (χ3n) is 2.26. The topological polar surface area (TPSA) is 115 Å². The summed E-state index contributed by atoms with van der Waals surface area (Å²) in [6, 6.07) is 5.53. The van der Waals surface area contributed by atoms with Crippen molar-refractivity contribution < 1.29 is 4.92 Å². The summed E-state index contributed by atoms with van der Waals surface area (Å²) >= 11 is 1.15. The van der Waals surface area contributed by atoms with Gasteiger partial charge in [0.25, 0.3) is 11.2 Å². The first kappa shape index (κ1) is 13.1. The summed E-state index contributed by atoms with van der Waals surface area (Å²) in [4.78, 5) is 28.7. The molecule has 19 heavy (non-hydrogen) atoms. The standard InChI is InChI=1S/C11H10N4O3S/c1-6-4-10(16)14-11(13-6)19-9-3-2-7(15(17)18)5-8(9)12/h2-5H,12H2,1H3,(H,13,14,16). The maximum atomic E-state index is 11.3. The molecule has 0 aliphatic carbocycles. The maximum absolute atomic E-state index is 11.3. The van der Waals surface area contributed by atoms with Crippen LogP contribution in [0.3, 0.4) is 0 Å². The number of hydrogen-bond donors (Lipinski definition) is 2. The molecule has 0 fully saturated rings. The number of rotatable bonds is 3. The van der Waals surface area contributed by atoms with Gasteiger partial charge in [-0.05, 0) is 24.8 Å². The highest BCUT2D eigenvalue weighted by Gasteiger charge is 2.10. The Hall–Kier alpha value is -2.35. The molecular weight excluding hydrogens is 268 g/mol. The molecule has 0 atom stereocenters. The monoisotopic (exact) mass is 278 g/mol. The van der Waals surface area contributed by atoms with Gasteiger partial charge < -0.3 is 10.7 Å². The fourth-order valence-corrected chi connectivity index (χ4v) is 2.31. The molecule has 0 bridgehead atoms. The van der Waals surface area contributed by atoms with Crippen LogP contribution in [-0.4, -0.2) is 14.9 Å². The molecule has 0 aliphatic rings. The molecule has 98 valence electrons. The molecule has 0 saturated heterocycles. The number of aromatic amines is 1. The van der Waals surface area contributed by atoms with Crippen LogP contribution in [0.25, 0.3) is 0 Å². The van der Waals surface area contributed by atoms with Crippen LogP contribution >= 0.6 is 11.8 Å². The molecule has 0 saturated carbocycles. The Labute approximate surface area is 112 Å². The number of non-ortho nitro benzene ring substituents is 1. The van der Waals surface area contributed by atoms with Gasteiger partial charge in [0.15, 0.2) is 5.16 Å². The Bertz CT molecular complexity index is 699. The normalized spacial score (nSPS) is 10.4. The molecule has 0 aliphatic heterocycles.